The van der Waals surface area contributed by atoms with Gasteiger partial charge in [-0.25, -0.2) is 0 Å². The largest absolute Gasteiger partial charge is 0.371 e. The molecule has 3 rings (SSSR count). The molecular formula is C17H27N3. The van der Waals surface area contributed by atoms with E-state index in [0.29, 0.717) is 0 Å². The smallest absolute Gasteiger partial charge is 0.0445 e. The number of aromatic nitrogens is 1. The standard InChI is InChI=1S/C17H27N3/c1-12(2)14-6-7-20(11-14)17-8-13(3)18-9-15(17)10-19-16-4-5-16/h8-9,12,14,16,19H,4-7,10-11H2,1-3H3. The highest BCUT2D eigenvalue weighted by Gasteiger charge is 2.27. The summed E-state index contributed by atoms with van der Waals surface area (Å²) < 4.78 is 0. The van der Waals surface area contributed by atoms with Crippen LogP contribution >= 0.6 is 0 Å². The molecule has 1 aliphatic heterocycles. The quantitative estimate of drug-likeness (QED) is 0.893. The Hall–Kier alpha value is -1.09. The van der Waals surface area contributed by atoms with Crippen LogP contribution in [0.1, 0.15) is 44.4 Å². The topological polar surface area (TPSA) is 28.2 Å². The summed E-state index contributed by atoms with van der Waals surface area (Å²) in [5, 5.41) is 3.62. The first-order valence-electron chi connectivity index (χ1n) is 8.07. The molecule has 2 heterocycles. The summed E-state index contributed by atoms with van der Waals surface area (Å²) in [6, 6.07) is 3.03. The molecule has 0 spiro atoms. The zero-order valence-electron chi connectivity index (χ0n) is 13.0. The Morgan fingerprint density at radius 1 is 1.35 bits per heavy atom. The summed E-state index contributed by atoms with van der Waals surface area (Å²) in [5.41, 5.74) is 3.91. The van der Waals surface area contributed by atoms with Gasteiger partial charge in [-0.15, -0.1) is 0 Å². The van der Waals surface area contributed by atoms with Crippen LogP contribution in [0.15, 0.2) is 12.3 Å². The lowest BCUT2D eigenvalue weighted by Crippen LogP contribution is -2.24. The van der Waals surface area contributed by atoms with Gasteiger partial charge in [0.25, 0.3) is 0 Å². The zero-order chi connectivity index (χ0) is 14.1. The minimum absolute atomic E-state index is 0.756. The van der Waals surface area contributed by atoms with E-state index >= 15 is 0 Å². The summed E-state index contributed by atoms with van der Waals surface area (Å²) in [4.78, 5) is 7.07. The molecule has 1 aliphatic carbocycles. The van der Waals surface area contributed by atoms with E-state index in [9.17, 15) is 0 Å². The highest BCUT2D eigenvalue weighted by molar-refractivity contribution is 5.54. The van der Waals surface area contributed by atoms with E-state index in [4.69, 9.17) is 0 Å². The molecule has 1 saturated carbocycles. The maximum Gasteiger partial charge on any atom is 0.0445 e. The fourth-order valence-corrected chi connectivity index (χ4v) is 3.10. The highest BCUT2D eigenvalue weighted by Crippen LogP contribution is 2.31. The Labute approximate surface area is 122 Å². The van der Waals surface area contributed by atoms with Crippen LogP contribution in [-0.2, 0) is 6.54 Å². The number of anilines is 1. The Bertz CT molecular complexity index is 465. The van der Waals surface area contributed by atoms with Crippen LogP contribution in [0.25, 0.3) is 0 Å². The number of hydrogen-bond acceptors (Lipinski definition) is 3. The second-order valence-corrected chi connectivity index (χ2v) is 6.85. The lowest BCUT2D eigenvalue weighted by Gasteiger charge is -2.23. The van der Waals surface area contributed by atoms with Crippen molar-refractivity contribution in [1.82, 2.24) is 10.3 Å². The van der Waals surface area contributed by atoms with Crippen LogP contribution in [0, 0.1) is 18.8 Å². The van der Waals surface area contributed by atoms with Gasteiger partial charge in [0.2, 0.25) is 0 Å². The third-order valence-electron chi connectivity index (χ3n) is 4.77. The predicted octanol–water partition coefficient (Wildman–Crippen LogP) is 3.12. The van der Waals surface area contributed by atoms with Crippen molar-refractivity contribution >= 4 is 5.69 Å². The fourth-order valence-electron chi connectivity index (χ4n) is 3.10. The average molecular weight is 273 g/mol. The van der Waals surface area contributed by atoms with Crippen molar-refractivity contribution < 1.29 is 0 Å². The summed E-state index contributed by atoms with van der Waals surface area (Å²) in [6.07, 6.45) is 6.08. The van der Waals surface area contributed by atoms with E-state index in [-0.39, 0.29) is 0 Å². The molecule has 0 aromatic carbocycles. The number of pyridine rings is 1. The number of rotatable bonds is 5. The SMILES string of the molecule is Cc1cc(N2CCC(C(C)C)C2)c(CNC2CC2)cn1. The second kappa shape index (κ2) is 5.72. The minimum Gasteiger partial charge on any atom is -0.371 e. The van der Waals surface area contributed by atoms with Gasteiger partial charge in [0.05, 0.1) is 0 Å². The lowest BCUT2D eigenvalue weighted by molar-refractivity contribution is 0.422. The van der Waals surface area contributed by atoms with Gasteiger partial charge in [0, 0.05) is 48.8 Å². The third-order valence-corrected chi connectivity index (χ3v) is 4.77. The van der Waals surface area contributed by atoms with Crippen molar-refractivity contribution in [2.75, 3.05) is 18.0 Å². The first-order chi connectivity index (χ1) is 9.63. The minimum atomic E-state index is 0.756. The molecular weight excluding hydrogens is 246 g/mol. The second-order valence-electron chi connectivity index (χ2n) is 6.85. The molecule has 1 atom stereocenters. The first-order valence-corrected chi connectivity index (χ1v) is 8.07. The highest BCUT2D eigenvalue weighted by atomic mass is 15.2. The maximum atomic E-state index is 4.50. The van der Waals surface area contributed by atoms with Gasteiger partial charge >= 0.3 is 0 Å². The van der Waals surface area contributed by atoms with Crippen LogP contribution in [0.2, 0.25) is 0 Å². The fraction of sp³-hybridized carbons (Fsp3) is 0.706. The Morgan fingerprint density at radius 2 is 2.15 bits per heavy atom. The molecule has 1 unspecified atom stereocenters. The van der Waals surface area contributed by atoms with Crippen LogP contribution in [-0.4, -0.2) is 24.1 Å². The van der Waals surface area contributed by atoms with Crippen LogP contribution in [0.3, 0.4) is 0 Å². The van der Waals surface area contributed by atoms with Crippen molar-refractivity contribution in [1.29, 1.82) is 0 Å². The van der Waals surface area contributed by atoms with Gasteiger partial charge in [-0.1, -0.05) is 13.8 Å². The number of aryl methyl sites for hydroxylation is 1. The predicted molar refractivity (Wildman–Crippen MR) is 84.0 cm³/mol. The van der Waals surface area contributed by atoms with Crippen molar-refractivity contribution in [2.24, 2.45) is 11.8 Å². The molecule has 1 aromatic rings. The molecule has 0 radical (unpaired) electrons. The monoisotopic (exact) mass is 273 g/mol. The van der Waals surface area contributed by atoms with Gasteiger partial charge < -0.3 is 10.2 Å². The molecule has 2 aliphatic rings. The van der Waals surface area contributed by atoms with Gasteiger partial charge in [-0.05, 0) is 44.1 Å². The summed E-state index contributed by atoms with van der Waals surface area (Å²) in [7, 11) is 0. The zero-order valence-corrected chi connectivity index (χ0v) is 13.0. The van der Waals surface area contributed by atoms with E-state index in [1.165, 1.54) is 43.6 Å². The molecule has 3 heteroatoms. The third kappa shape index (κ3) is 3.14. The van der Waals surface area contributed by atoms with Crippen molar-refractivity contribution in [3.05, 3.63) is 23.5 Å². The summed E-state index contributed by atoms with van der Waals surface area (Å²) in [5.74, 6) is 1.63. The van der Waals surface area contributed by atoms with Crippen molar-refractivity contribution in [2.45, 2.75) is 52.6 Å². The van der Waals surface area contributed by atoms with Crippen molar-refractivity contribution in [3.8, 4) is 0 Å². The molecule has 110 valence electrons. The Morgan fingerprint density at radius 3 is 2.80 bits per heavy atom. The molecule has 1 aromatic heterocycles. The maximum absolute atomic E-state index is 4.50. The molecule has 20 heavy (non-hydrogen) atoms. The van der Waals surface area contributed by atoms with Crippen LogP contribution in [0.4, 0.5) is 5.69 Å². The molecule has 1 saturated heterocycles. The van der Waals surface area contributed by atoms with Crippen LogP contribution in [0.5, 0.6) is 0 Å². The lowest BCUT2D eigenvalue weighted by atomic mass is 9.95. The van der Waals surface area contributed by atoms with Crippen LogP contribution < -0.4 is 10.2 Å². The van der Waals surface area contributed by atoms with Gasteiger partial charge in [-0.2, -0.15) is 0 Å². The van der Waals surface area contributed by atoms with E-state index < -0.39 is 0 Å². The average Bonchev–Trinajstić information content (AvgIpc) is 3.11. The van der Waals surface area contributed by atoms with E-state index in [1.807, 2.05) is 0 Å². The summed E-state index contributed by atoms with van der Waals surface area (Å²) >= 11 is 0. The van der Waals surface area contributed by atoms with E-state index in [2.05, 4.69) is 48.2 Å². The van der Waals surface area contributed by atoms with Crippen molar-refractivity contribution in [3.63, 3.8) is 0 Å². The van der Waals surface area contributed by atoms with Gasteiger partial charge in [0.15, 0.2) is 0 Å². The molecule has 0 amide bonds. The molecule has 0 bridgehead atoms. The number of hydrogen-bond donors (Lipinski definition) is 1. The number of nitrogens with zero attached hydrogens (tertiary/aromatic N) is 2. The van der Waals surface area contributed by atoms with Gasteiger partial charge in [0.1, 0.15) is 0 Å². The normalized spacial score (nSPS) is 22.8. The number of nitrogens with one attached hydrogen (secondary N) is 1. The molecule has 3 nitrogen and oxygen atoms in total. The van der Waals surface area contributed by atoms with Gasteiger partial charge in [-0.3, -0.25) is 4.98 Å². The molecule has 2 fully saturated rings. The van der Waals surface area contributed by atoms with E-state index in [0.717, 1.165) is 30.1 Å². The summed E-state index contributed by atoms with van der Waals surface area (Å²) in [6.45, 7) is 10.2. The Balaban J connectivity index is 1.74. The Kier molecular flexibility index (Phi) is 3.97. The van der Waals surface area contributed by atoms with E-state index in [1.54, 1.807) is 0 Å². The first kappa shape index (κ1) is 13.9. The molecule has 1 N–H and O–H groups in total.